The predicted octanol–water partition coefficient (Wildman–Crippen LogP) is 3.71. The number of ether oxygens (including phenoxy) is 1. The van der Waals surface area contributed by atoms with Crippen LogP contribution in [0, 0.1) is 6.92 Å². The lowest BCUT2D eigenvalue weighted by molar-refractivity contribution is 0.0860. The van der Waals surface area contributed by atoms with E-state index < -0.39 is 0 Å². The van der Waals surface area contributed by atoms with Gasteiger partial charge in [0.1, 0.15) is 0 Å². The molecule has 1 nitrogen and oxygen atoms in total. The lowest BCUT2D eigenvalue weighted by atomic mass is 9.98. The SMILES string of the molecule is Cc1cc(C2CCOCC2)sc1Br. The van der Waals surface area contributed by atoms with Crippen LogP contribution in [0.25, 0.3) is 0 Å². The average molecular weight is 261 g/mol. The molecule has 0 aliphatic carbocycles. The van der Waals surface area contributed by atoms with Crippen molar-refractivity contribution in [3.63, 3.8) is 0 Å². The second kappa shape index (κ2) is 4.11. The normalized spacial score (nSPS) is 19.2. The van der Waals surface area contributed by atoms with Crippen LogP contribution in [0.4, 0.5) is 0 Å². The maximum atomic E-state index is 5.35. The summed E-state index contributed by atoms with van der Waals surface area (Å²) in [5, 5.41) is 0. The number of halogens is 1. The van der Waals surface area contributed by atoms with Crippen LogP contribution >= 0.6 is 27.3 Å². The maximum Gasteiger partial charge on any atom is 0.0730 e. The Bertz CT molecular complexity index is 270. The van der Waals surface area contributed by atoms with E-state index in [1.54, 1.807) is 0 Å². The molecule has 2 rings (SSSR count). The van der Waals surface area contributed by atoms with Crippen molar-refractivity contribution in [2.24, 2.45) is 0 Å². The van der Waals surface area contributed by atoms with Gasteiger partial charge in [0.15, 0.2) is 0 Å². The number of rotatable bonds is 1. The van der Waals surface area contributed by atoms with Crippen molar-refractivity contribution in [2.75, 3.05) is 13.2 Å². The van der Waals surface area contributed by atoms with Crippen LogP contribution in [0.15, 0.2) is 9.85 Å². The van der Waals surface area contributed by atoms with Crippen molar-refractivity contribution < 1.29 is 4.74 Å². The minimum atomic E-state index is 0.740. The molecule has 0 saturated carbocycles. The third-order valence-corrected chi connectivity index (χ3v) is 4.80. The van der Waals surface area contributed by atoms with E-state index >= 15 is 0 Å². The molecule has 13 heavy (non-hydrogen) atoms. The zero-order valence-electron chi connectivity index (χ0n) is 7.68. The molecule has 0 N–H and O–H groups in total. The molecular weight excluding hydrogens is 248 g/mol. The fraction of sp³-hybridized carbons (Fsp3) is 0.600. The summed E-state index contributed by atoms with van der Waals surface area (Å²) in [5.74, 6) is 0.740. The fourth-order valence-electron chi connectivity index (χ4n) is 1.67. The molecule has 0 atom stereocenters. The molecule has 0 amide bonds. The zero-order valence-corrected chi connectivity index (χ0v) is 10.1. The van der Waals surface area contributed by atoms with Gasteiger partial charge in [-0.05, 0) is 53.2 Å². The summed E-state index contributed by atoms with van der Waals surface area (Å²) in [6, 6.07) is 2.31. The van der Waals surface area contributed by atoms with Gasteiger partial charge in [0.05, 0.1) is 3.79 Å². The first-order valence-corrected chi connectivity index (χ1v) is 6.22. The van der Waals surface area contributed by atoms with E-state index in [0.29, 0.717) is 0 Å². The third-order valence-electron chi connectivity index (χ3n) is 2.50. The number of thiophene rings is 1. The van der Waals surface area contributed by atoms with Crippen molar-refractivity contribution in [1.82, 2.24) is 0 Å². The number of hydrogen-bond acceptors (Lipinski definition) is 2. The summed E-state index contributed by atoms with van der Waals surface area (Å²) in [5.41, 5.74) is 1.37. The van der Waals surface area contributed by atoms with Crippen LogP contribution < -0.4 is 0 Å². The zero-order chi connectivity index (χ0) is 9.26. The van der Waals surface area contributed by atoms with Crippen LogP contribution in [0.1, 0.15) is 29.2 Å². The Morgan fingerprint density at radius 2 is 2.15 bits per heavy atom. The van der Waals surface area contributed by atoms with Crippen molar-refractivity contribution in [3.8, 4) is 0 Å². The van der Waals surface area contributed by atoms with Crippen LogP contribution in [0.2, 0.25) is 0 Å². The molecule has 1 aliphatic rings. The van der Waals surface area contributed by atoms with Crippen LogP contribution in [-0.4, -0.2) is 13.2 Å². The third kappa shape index (κ3) is 2.14. The van der Waals surface area contributed by atoms with E-state index in [4.69, 9.17) is 4.74 Å². The Hall–Kier alpha value is 0.140. The van der Waals surface area contributed by atoms with Crippen molar-refractivity contribution in [1.29, 1.82) is 0 Å². The Morgan fingerprint density at radius 3 is 2.69 bits per heavy atom. The van der Waals surface area contributed by atoms with Gasteiger partial charge in [0, 0.05) is 18.1 Å². The summed E-state index contributed by atoms with van der Waals surface area (Å²) in [6.07, 6.45) is 2.37. The van der Waals surface area contributed by atoms with Crippen molar-refractivity contribution in [3.05, 3.63) is 20.3 Å². The molecule has 0 bridgehead atoms. The summed E-state index contributed by atoms with van der Waals surface area (Å²) in [6.45, 7) is 4.02. The Balaban J connectivity index is 2.14. The molecule has 1 aliphatic heterocycles. The summed E-state index contributed by atoms with van der Waals surface area (Å²) in [7, 11) is 0. The van der Waals surface area contributed by atoms with Crippen molar-refractivity contribution >= 4 is 27.3 Å². The van der Waals surface area contributed by atoms with Gasteiger partial charge in [-0.1, -0.05) is 0 Å². The summed E-state index contributed by atoms with van der Waals surface area (Å²) < 4.78 is 6.64. The molecular formula is C10H13BrOS. The molecule has 1 aromatic heterocycles. The summed E-state index contributed by atoms with van der Waals surface area (Å²) >= 11 is 5.45. The van der Waals surface area contributed by atoms with E-state index in [9.17, 15) is 0 Å². The minimum absolute atomic E-state index is 0.740. The van der Waals surface area contributed by atoms with E-state index in [2.05, 4.69) is 28.9 Å². The molecule has 0 aromatic carbocycles. The molecule has 2 heterocycles. The van der Waals surface area contributed by atoms with Gasteiger partial charge in [-0.2, -0.15) is 0 Å². The molecule has 0 radical (unpaired) electrons. The van der Waals surface area contributed by atoms with Crippen molar-refractivity contribution in [2.45, 2.75) is 25.7 Å². The molecule has 0 unspecified atom stereocenters. The Kier molecular flexibility index (Phi) is 3.06. The first kappa shape index (κ1) is 9.69. The topological polar surface area (TPSA) is 9.23 Å². The maximum absolute atomic E-state index is 5.35. The van der Waals surface area contributed by atoms with Gasteiger partial charge < -0.3 is 4.74 Å². The summed E-state index contributed by atoms with van der Waals surface area (Å²) in [4.78, 5) is 1.52. The number of hydrogen-bond donors (Lipinski definition) is 0. The van der Waals surface area contributed by atoms with E-state index in [0.717, 1.165) is 19.1 Å². The second-order valence-corrected chi connectivity index (χ2v) is 5.89. The average Bonchev–Trinajstić information content (AvgIpc) is 2.49. The largest absolute Gasteiger partial charge is 0.381 e. The lowest BCUT2D eigenvalue weighted by Gasteiger charge is -2.20. The second-order valence-electron chi connectivity index (χ2n) is 3.49. The highest BCUT2D eigenvalue weighted by molar-refractivity contribution is 9.11. The van der Waals surface area contributed by atoms with Gasteiger partial charge in [-0.25, -0.2) is 0 Å². The van der Waals surface area contributed by atoms with E-state index in [1.807, 2.05) is 11.3 Å². The van der Waals surface area contributed by atoms with Gasteiger partial charge in [-0.3, -0.25) is 0 Å². The van der Waals surface area contributed by atoms with Gasteiger partial charge in [0.2, 0.25) is 0 Å². The van der Waals surface area contributed by atoms with E-state index in [1.165, 1.54) is 27.1 Å². The van der Waals surface area contributed by atoms with Crippen LogP contribution in [0.5, 0.6) is 0 Å². The molecule has 3 heteroatoms. The Morgan fingerprint density at radius 1 is 1.46 bits per heavy atom. The fourth-order valence-corrected chi connectivity index (χ4v) is 3.41. The van der Waals surface area contributed by atoms with Gasteiger partial charge >= 0.3 is 0 Å². The van der Waals surface area contributed by atoms with Crippen LogP contribution in [-0.2, 0) is 4.74 Å². The highest BCUT2D eigenvalue weighted by Gasteiger charge is 2.18. The quantitative estimate of drug-likeness (QED) is 0.748. The smallest absolute Gasteiger partial charge is 0.0730 e. The minimum Gasteiger partial charge on any atom is -0.381 e. The molecule has 1 saturated heterocycles. The van der Waals surface area contributed by atoms with Gasteiger partial charge in [0.25, 0.3) is 0 Å². The first-order valence-electron chi connectivity index (χ1n) is 4.61. The molecule has 1 aromatic rings. The number of aryl methyl sites for hydroxylation is 1. The van der Waals surface area contributed by atoms with E-state index in [-0.39, 0.29) is 0 Å². The Labute approximate surface area is 91.2 Å². The van der Waals surface area contributed by atoms with Gasteiger partial charge in [-0.15, -0.1) is 11.3 Å². The predicted molar refractivity (Wildman–Crippen MR) is 59.6 cm³/mol. The highest BCUT2D eigenvalue weighted by atomic mass is 79.9. The highest BCUT2D eigenvalue weighted by Crippen LogP contribution is 2.36. The lowest BCUT2D eigenvalue weighted by Crippen LogP contribution is -2.12. The van der Waals surface area contributed by atoms with Crippen LogP contribution in [0.3, 0.4) is 0 Å². The standard InChI is InChI=1S/C10H13BrOS/c1-7-6-9(13-10(7)11)8-2-4-12-5-3-8/h6,8H,2-5H2,1H3. The molecule has 0 spiro atoms. The molecule has 72 valence electrons. The first-order chi connectivity index (χ1) is 6.27. The monoisotopic (exact) mass is 260 g/mol. The molecule has 1 fully saturated rings.